The van der Waals surface area contributed by atoms with Crippen LogP contribution in [0.2, 0.25) is 0 Å². The third-order valence-corrected chi connectivity index (χ3v) is 12.2. The minimum absolute atomic E-state index is 1.15. The molecule has 0 saturated carbocycles. The minimum Gasteiger partial charge on any atom is -0.311 e. The molecule has 0 N–H and O–H groups in total. The number of rotatable bonds is 10. The van der Waals surface area contributed by atoms with Gasteiger partial charge in [0.2, 0.25) is 0 Å². The van der Waals surface area contributed by atoms with Gasteiger partial charge in [-0.25, -0.2) is 0 Å². The molecule has 0 saturated heterocycles. The zero-order valence-electron chi connectivity index (χ0n) is 40.1. The van der Waals surface area contributed by atoms with Crippen molar-refractivity contribution in [2.24, 2.45) is 0 Å². The second-order valence-electron chi connectivity index (χ2n) is 17.3. The maximum absolute atomic E-state index is 2.32. The van der Waals surface area contributed by atoms with Crippen molar-refractivity contribution in [2.75, 3.05) is 14.7 Å². The van der Waals surface area contributed by atoms with Crippen LogP contribution in [-0.2, 0) is 0 Å². The number of nitrogens with zero attached hydrogens (tertiary/aromatic N) is 3. The van der Waals surface area contributed by atoms with Gasteiger partial charge in [-0.05, 0) is 140 Å². The Balaban J connectivity index is 0.000000132. The van der Waals surface area contributed by atoms with E-state index in [2.05, 4.69) is 302 Å². The van der Waals surface area contributed by atoms with Gasteiger partial charge in [-0.1, -0.05) is 205 Å². The molecule has 0 aliphatic heterocycles. The highest BCUT2D eigenvalue weighted by molar-refractivity contribution is 5.98. The van der Waals surface area contributed by atoms with E-state index in [0.717, 1.165) is 22.7 Å². The monoisotopic (exact) mass is 903 g/mol. The molecule has 0 radical (unpaired) electrons. The van der Waals surface area contributed by atoms with Crippen molar-refractivity contribution in [1.29, 1.82) is 0 Å². The van der Waals surface area contributed by atoms with Crippen LogP contribution >= 0.6 is 0 Å². The van der Waals surface area contributed by atoms with Gasteiger partial charge in [-0.2, -0.15) is 0 Å². The highest BCUT2D eigenvalue weighted by atomic mass is 15.2. The van der Waals surface area contributed by atoms with Gasteiger partial charge in [0.25, 0.3) is 0 Å². The predicted molar refractivity (Wildman–Crippen MR) is 301 cm³/mol. The molecule has 0 fully saturated rings. The normalized spacial score (nSPS) is 10.5. The molecule has 11 aromatic carbocycles. The van der Waals surface area contributed by atoms with Crippen molar-refractivity contribution in [1.82, 2.24) is 0 Å². The summed E-state index contributed by atoms with van der Waals surface area (Å²) in [6, 6.07) is 102. The fourth-order valence-electron chi connectivity index (χ4n) is 8.55. The van der Waals surface area contributed by atoms with E-state index >= 15 is 0 Å². The summed E-state index contributed by atoms with van der Waals surface area (Å²) in [5, 5.41) is 2.51. The molecule has 0 spiro atoms. The maximum Gasteiger partial charge on any atom is 0.0540 e. The molecule has 0 aliphatic rings. The highest BCUT2D eigenvalue weighted by Crippen LogP contribution is 2.39. The first-order chi connectivity index (χ1) is 34.5. The smallest absolute Gasteiger partial charge is 0.0540 e. The number of para-hydroxylation sites is 5. The van der Waals surface area contributed by atoms with E-state index in [9.17, 15) is 0 Å². The van der Waals surface area contributed by atoms with Crippen LogP contribution in [0, 0.1) is 20.8 Å². The summed E-state index contributed by atoms with van der Waals surface area (Å²) >= 11 is 0. The molecule has 70 heavy (non-hydrogen) atoms. The SMILES string of the molecule is Cc1ccc(-c2ccc(N(c3ccccc3)c3ccccc3)cc2)cc1.Cc1ccc(N(c2ccccc2)c2cccc3ccccc23)cc1.Cc1ccc(N(c2ccccc2)c2ccccc2)cc1. The van der Waals surface area contributed by atoms with E-state index in [0.29, 0.717) is 0 Å². The zero-order chi connectivity index (χ0) is 47.9. The lowest BCUT2D eigenvalue weighted by Gasteiger charge is -2.26. The van der Waals surface area contributed by atoms with Gasteiger partial charge in [-0.3, -0.25) is 0 Å². The van der Waals surface area contributed by atoms with E-state index < -0.39 is 0 Å². The first-order valence-electron chi connectivity index (χ1n) is 23.9. The van der Waals surface area contributed by atoms with E-state index in [1.54, 1.807) is 0 Å². The topological polar surface area (TPSA) is 9.72 Å². The van der Waals surface area contributed by atoms with Crippen molar-refractivity contribution in [2.45, 2.75) is 20.8 Å². The summed E-state index contributed by atoms with van der Waals surface area (Å²) in [6.07, 6.45) is 0. The van der Waals surface area contributed by atoms with Gasteiger partial charge in [0, 0.05) is 50.9 Å². The van der Waals surface area contributed by atoms with Gasteiger partial charge < -0.3 is 14.7 Å². The number of hydrogen-bond acceptors (Lipinski definition) is 3. The summed E-state index contributed by atoms with van der Waals surface area (Å²) in [5.74, 6) is 0. The van der Waals surface area contributed by atoms with Crippen molar-refractivity contribution in [3.05, 3.63) is 308 Å². The van der Waals surface area contributed by atoms with E-state index in [-0.39, 0.29) is 0 Å². The highest BCUT2D eigenvalue weighted by Gasteiger charge is 2.16. The van der Waals surface area contributed by atoms with Crippen molar-refractivity contribution < 1.29 is 0 Å². The zero-order valence-corrected chi connectivity index (χ0v) is 40.1. The molecular weight excluding hydrogens is 847 g/mol. The van der Waals surface area contributed by atoms with Gasteiger partial charge in [-0.15, -0.1) is 0 Å². The molecule has 0 aromatic heterocycles. The summed E-state index contributed by atoms with van der Waals surface area (Å²) in [5.41, 5.74) is 16.8. The third kappa shape index (κ3) is 11.4. The average molecular weight is 904 g/mol. The average Bonchev–Trinajstić information content (AvgIpc) is 3.42. The van der Waals surface area contributed by atoms with Crippen LogP contribution in [0.1, 0.15) is 16.7 Å². The number of fused-ring (bicyclic) bond motifs is 1. The lowest BCUT2D eigenvalue weighted by molar-refractivity contribution is 1.27. The standard InChI is InChI=1S/C25H21N.C23H19N.C19H17N/c1-20-12-14-21(15-13-20)22-16-18-25(19-17-22)26(23-8-4-2-5-9-23)24-10-6-3-7-11-24;1-18-14-16-21(17-15-18)24(20-10-3-2-4-11-20)23-13-7-9-19-8-5-6-12-22(19)23;1-16-12-14-19(15-13-16)20(17-8-4-2-5-9-17)18-10-6-3-7-11-18/h2-19H,1H3;2-17H,1H3;2-15H,1H3. The molecule has 11 rings (SSSR count). The Labute approximate surface area is 414 Å². The molecule has 0 atom stereocenters. The largest absolute Gasteiger partial charge is 0.311 e. The molecule has 0 heterocycles. The molecule has 340 valence electrons. The van der Waals surface area contributed by atoms with Gasteiger partial charge in [0.05, 0.1) is 5.69 Å². The molecule has 0 amide bonds. The van der Waals surface area contributed by atoms with Crippen LogP contribution < -0.4 is 14.7 Å². The lowest BCUT2D eigenvalue weighted by atomic mass is 10.0. The van der Waals surface area contributed by atoms with Crippen molar-refractivity contribution >= 4 is 62.0 Å². The van der Waals surface area contributed by atoms with E-state index in [1.165, 1.54) is 67.0 Å². The van der Waals surface area contributed by atoms with E-state index in [1.807, 2.05) is 24.3 Å². The van der Waals surface area contributed by atoms with Crippen molar-refractivity contribution in [3.8, 4) is 11.1 Å². The molecule has 0 unspecified atom stereocenters. The molecular formula is C67H57N3. The Hall–Kier alpha value is -8.92. The molecule has 3 nitrogen and oxygen atoms in total. The summed E-state index contributed by atoms with van der Waals surface area (Å²) in [4.78, 5) is 6.86. The first-order valence-corrected chi connectivity index (χ1v) is 23.9. The Morgan fingerprint density at radius 1 is 0.200 bits per heavy atom. The Morgan fingerprint density at radius 2 is 0.457 bits per heavy atom. The lowest BCUT2D eigenvalue weighted by Crippen LogP contribution is -2.10. The predicted octanol–water partition coefficient (Wildman–Crippen LogP) is 19.2. The van der Waals surface area contributed by atoms with Crippen LogP contribution in [0.25, 0.3) is 21.9 Å². The minimum atomic E-state index is 1.15. The number of benzene rings is 11. The van der Waals surface area contributed by atoms with Gasteiger partial charge >= 0.3 is 0 Å². The molecule has 0 bridgehead atoms. The van der Waals surface area contributed by atoms with Crippen LogP contribution in [0.4, 0.5) is 51.2 Å². The van der Waals surface area contributed by atoms with Gasteiger partial charge in [0.1, 0.15) is 0 Å². The molecule has 11 aromatic rings. The number of anilines is 9. The van der Waals surface area contributed by atoms with Crippen LogP contribution in [-0.4, -0.2) is 0 Å². The van der Waals surface area contributed by atoms with Crippen LogP contribution in [0.15, 0.2) is 291 Å². The summed E-state index contributed by atoms with van der Waals surface area (Å²) in [7, 11) is 0. The third-order valence-electron chi connectivity index (χ3n) is 12.2. The fourth-order valence-corrected chi connectivity index (χ4v) is 8.55. The van der Waals surface area contributed by atoms with E-state index in [4.69, 9.17) is 0 Å². The van der Waals surface area contributed by atoms with Crippen molar-refractivity contribution in [3.63, 3.8) is 0 Å². The second kappa shape index (κ2) is 22.7. The van der Waals surface area contributed by atoms with Crippen LogP contribution in [0.3, 0.4) is 0 Å². The number of hydrogen-bond donors (Lipinski definition) is 0. The Morgan fingerprint density at radius 3 is 0.843 bits per heavy atom. The Kier molecular flexibility index (Phi) is 15.0. The fraction of sp³-hybridized carbons (Fsp3) is 0.0448. The molecule has 0 aliphatic carbocycles. The van der Waals surface area contributed by atoms with Crippen LogP contribution in [0.5, 0.6) is 0 Å². The maximum atomic E-state index is 2.32. The quantitative estimate of drug-likeness (QED) is 0.135. The summed E-state index contributed by atoms with van der Waals surface area (Å²) in [6.45, 7) is 6.35. The summed E-state index contributed by atoms with van der Waals surface area (Å²) < 4.78 is 0. The number of aryl methyl sites for hydroxylation is 3. The molecule has 3 heteroatoms. The Bertz CT molecular complexity index is 3200. The first kappa shape index (κ1) is 46.2. The second-order valence-corrected chi connectivity index (χ2v) is 17.3. The van der Waals surface area contributed by atoms with Gasteiger partial charge in [0.15, 0.2) is 0 Å².